The zero-order valence-electron chi connectivity index (χ0n) is 26.0. The highest BCUT2D eigenvalue weighted by Crippen LogP contribution is 2.41. The van der Waals surface area contributed by atoms with Crippen LogP contribution in [0.1, 0.15) is 49.1 Å². The van der Waals surface area contributed by atoms with E-state index in [1.807, 2.05) is 0 Å². The smallest absolute Gasteiger partial charge is 0.416 e. The minimum atomic E-state index is -4.62. The normalized spacial score (nSPS) is 16.3. The number of nitrogens with zero attached hydrogens (tertiary/aromatic N) is 1. The lowest BCUT2D eigenvalue weighted by molar-refractivity contribution is -0.138. The van der Waals surface area contributed by atoms with Crippen LogP contribution >= 0.6 is 0 Å². The largest absolute Gasteiger partial charge is 0.444 e. The first-order valence-electron chi connectivity index (χ1n) is 15.0. The highest BCUT2D eigenvalue weighted by Gasteiger charge is 2.39. The minimum Gasteiger partial charge on any atom is -0.444 e. The first kappa shape index (κ1) is 31.8. The third kappa shape index (κ3) is 6.05. The van der Waals surface area contributed by atoms with E-state index in [-0.39, 0.29) is 23.1 Å². The molecule has 2 heterocycles. The molecule has 0 spiro atoms. The van der Waals surface area contributed by atoms with Gasteiger partial charge in [0, 0.05) is 16.8 Å². The van der Waals surface area contributed by atoms with Gasteiger partial charge in [0.1, 0.15) is 11.4 Å². The van der Waals surface area contributed by atoms with Crippen LogP contribution in [0.5, 0.6) is 0 Å². The molecule has 0 saturated carbocycles. The summed E-state index contributed by atoms with van der Waals surface area (Å²) in [6, 6.07) is 18.8. The van der Waals surface area contributed by atoms with E-state index in [9.17, 15) is 27.6 Å². The maximum atomic E-state index is 15.3. The standard InChI is InChI=1S/C36H31F4N3O4/c1-19-11-14-23(18-27(19)36(38,39)40)41-32(44)26-17-21-7-5-9-25-24-8-6-10-28(37)29(24)33(45)43(31(21)25)30(26)20-12-15-22(16-13-20)42-34(46)47-35(2,3)4/h5-16,18,26,30H,17H2,1-4H3,(H,41,44)(H,42,46)/t26-,30-/m0/s1. The summed E-state index contributed by atoms with van der Waals surface area (Å²) < 4.78 is 63.1. The summed E-state index contributed by atoms with van der Waals surface area (Å²) in [6.45, 7) is 6.52. The molecule has 0 saturated heterocycles. The van der Waals surface area contributed by atoms with Gasteiger partial charge in [0.05, 0.1) is 28.4 Å². The van der Waals surface area contributed by atoms with Gasteiger partial charge >= 0.3 is 12.3 Å². The Morgan fingerprint density at radius 1 is 0.872 bits per heavy atom. The second-order valence-corrected chi connectivity index (χ2v) is 12.7. The Morgan fingerprint density at radius 3 is 2.21 bits per heavy atom. The van der Waals surface area contributed by atoms with Crippen LogP contribution in [0.4, 0.5) is 33.7 Å². The Kier molecular flexibility index (Phi) is 7.81. The van der Waals surface area contributed by atoms with Gasteiger partial charge in [-0.3, -0.25) is 19.5 Å². The van der Waals surface area contributed by atoms with Crippen LogP contribution in [-0.2, 0) is 22.1 Å². The minimum absolute atomic E-state index is 0.00665. The Hall–Kier alpha value is -5.19. The van der Waals surface area contributed by atoms with Gasteiger partial charge in [-0.15, -0.1) is 0 Å². The van der Waals surface area contributed by atoms with Crippen molar-refractivity contribution in [1.82, 2.24) is 4.57 Å². The molecule has 2 amide bonds. The van der Waals surface area contributed by atoms with Gasteiger partial charge in [0.25, 0.3) is 5.56 Å². The first-order valence-corrected chi connectivity index (χ1v) is 15.0. The van der Waals surface area contributed by atoms with Crippen molar-refractivity contribution >= 4 is 45.1 Å². The number of ether oxygens (including phenoxy) is 1. The maximum absolute atomic E-state index is 15.3. The molecule has 1 aromatic heterocycles. The number of amides is 2. The van der Waals surface area contributed by atoms with Crippen LogP contribution in [0.2, 0.25) is 0 Å². The van der Waals surface area contributed by atoms with Gasteiger partial charge in [-0.25, -0.2) is 9.18 Å². The Morgan fingerprint density at radius 2 is 1.53 bits per heavy atom. The zero-order chi connectivity index (χ0) is 33.8. The van der Waals surface area contributed by atoms with Crippen molar-refractivity contribution in [2.75, 3.05) is 10.6 Å². The maximum Gasteiger partial charge on any atom is 0.416 e. The van der Waals surface area contributed by atoms with Crippen LogP contribution in [-0.4, -0.2) is 22.2 Å². The molecule has 7 nitrogen and oxygen atoms in total. The number of fused-ring (bicyclic) bond motifs is 2. The summed E-state index contributed by atoms with van der Waals surface area (Å²) in [4.78, 5) is 40.6. The number of para-hydroxylation sites is 1. The van der Waals surface area contributed by atoms with Crippen molar-refractivity contribution in [3.05, 3.63) is 117 Å². The lowest BCUT2D eigenvalue weighted by Crippen LogP contribution is -2.41. The lowest BCUT2D eigenvalue weighted by Gasteiger charge is -2.35. The van der Waals surface area contributed by atoms with Crippen LogP contribution in [0, 0.1) is 18.7 Å². The average Bonchev–Trinajstić information content (AvgIpc) is 2.99. The van der Waals surface area contributed by atoms with Crippen molar-refractivity contribution in [2.45, 2.75) is 51.9 Å². The molecule has 11 heteroatoms. The van der Waals surface area contributed by atoms with Gasteiger partial charge in [0.15, 0.2) is 0 Å². The number of nitrogens with one attached hydrogen (secondary N) is 2. The molecule has 5 aromatic rings. The molecule has 2 atom stereocenters. The molecule has 2 N–H and O–H groups in total. The van der Waals surface area contributed by atoms with Gasteiger partial charge in [-0.2, -0.15) is 13.2 Å². The molecule has 0 aliphatic carbocycles. The van der Waals surface area contributed by atoms with Crippen molar-refractivity contribution < 1.29 is 31.9 Å². The number of alkyl halides is 3. The molecule has 0 radical (unpaired) electrons. The topological polar surface area (TPSA) is 89.4 Å². The van der Waals surface area contributed by atoms with Crippen molar-refractivity contribution in [1.29, 1.82) is 0 Å². The van der Waals surface area contributed by atoms with Gasteiger partial charge < -0.3 is 10.1 Å². The molecular formula is C36H31F4N3O4. The predicted molar refractivity (Wildman–Crippen MR) is 172 cm³/mol. The summed E-state index contributed by atoms with van der Waals surface area (Å²) in [5.74, 6) is -2.33. The molecular weight excluding hydrogens is 614 g/mol. The quantitative estimate of drug-likeness (QED) is 0.152. The Labute approximate surface area is 267 Å². The highest BCUT2D eigenvalue weighted by molar-refractivity contribution is 6.07. The molecule has 47 heavy (non-hydrogen) atoms. The average molecular weight is 646 g/mol. The van der Waals surface area contributed by atoms with Crippen LogP contribution in [0.15, 0.2) is 83.7 Å². The molecule has 0 fully saturated rings. The van der Waals surface area contributed by atoms with Crippen molar-refractivity contribution in [3.63, 3.8) is 0 Å². The van der Waals surface area contributed by atoms with Gasteiger partial charge in [0.2, 0.25) is 5.91 Å². The van der Waals surface area contributed by atoms with Crippen molar-refractivity contribution in [2.24, 2.45) is 5.92 Å². The first-order chi connectivity index (χ1) is 22.1. The fourth-order valence-electron chi connectivity index (χ4n) is 6.28. The predicted octanol–water partition coefficient (Wildman–Crippen LogP) is 8.37. The summed E-state index contributed by atoms with van der Waals surface area (Å²) in [7, 11) is 0. The third-order valence-corrected chi connectivity index (χ3v) is 8.24. The number of pyridine rings is 1. The van der Waals surface area contributed by atoms with E-state index in [1.165, 1.54) is 35.8 Å². The van der Waals surface area contributed by atoms with E-state index >= 15 is 4.39 Å². The second kappa shape index (κ2) is 11.6. The molecule has 1 aliphatic rings. The summed E-state index contributed by atoms with van der Waals surface area (Å²) >= 11 is 0. The number of rotatable bonds is 4. The van der Waals surface area contributed by atoms with Crippen LogP contribution < -0.4 is 16.2 Å². The van der Waals surface area contributed by atoms with E-state index in [0.29, 0.717) is 33.1 Å². The molecule has 6 rings (SSSR count). The molecule has 242 valence electrons. The summed E-state index contributed by atoms with van der Waals surface area (Å²) in [5, 5.41) is 6.20. The van der Waals surface area contributed by atoms with Crippen molar-refractivity contribution in [3.8, 4) is 0 Å². The number of aryl methyl sites for hydroxylation is 1. The lowest BCUT2D eigenvalue weighted by atomic mass is 9.81. The van der Waals surface area contributed by atoms with E-state index in [0.717, 1.165) is 6.07 Å². The summed E-state index contributed by atoms with van der Waals surface area (Å²) in [6.07, 6.45) is -5.15. The van der Waals surface area contributed by atoms with Crippen LogP contribution in [0.25, 0.3) is 21.7 Å². The number of benzene rings is 4. The van der Waals surface area contributed by atoms with Gasteiger partial charge in [-0.1, -0.05) is 48.5 Å². The number of carbonyl (C=O) groups excluding carboxylic acids is 2. The highest BCUT2D eigenvalue weighted by atomic mass is 19.4. The number of aromatic nitrogens is 1. The van der Waals surface area contributed by atoms with E-state index < -0.39 is 52.7 Å². The van der Waals surface area contributed by atoms with Crippen LogP contribution in [0.3, 0.4) is 0 Å². The molecule has 4 aromatic carbocycles. The van der Waals surface area contributed by atoms with E-state index in [1.54, 1.807) is 69.3 Å². The Bertz CT molecular complexity index is 2120. The van der Waals surface area contributed by atoms with E-state index in [2.05, 4.69) is 10.6 Å². The zero-order valence-corrected chi connectivity index (χ0v) is 26.0. The van der Waals surface area contributed by atoms with Gasteiger partial charge in [-0.05, 0) is 86.5 Å². The molecule has 0 unspecified atom stereocenters. The third-order valence-electron chi connectivity index (χ3n) is 8.24. The Balaban J connectivity index is 1.49. The number of halogens is 4. The molecule has 1 aliphatic heterocycles. The SMILES string of the molecule is Cc1ccc(NC(=O)[C@H]2Cc3cccc4c5cccc(F)c5c(=O)n(c34)[C@H]2c2ccc(NC(=O)OC(C)(C)C)cc2)cc1C(F)(F)F. The number of carbonyl (C=O) groups is 2. The second-order valence-electron chi connectivity index (χ2n) is 12.7. The fraction of sp³-hybridized carbons (Fsp3) is 0.250. The fourth-order valence-corrected chi connectivity index (χ4v) is 6.28. The summed E-state index contributed by atoms with van der Waals surface area (Å²) in [5.41, 5.74) is -0.216. The van der Waals surface area contributed by atoms with E-state index in [4.69, 9.17) is 4.74 Å². The number of hydrogen-bond acceptors (Lipinski definition) is 4. The molecule has 0 bridgehead atoms. The number of anilines is 2. The number of hydrogen-bond donors (Lipinski definition) is 2. The monoisotopic (exact) mass is 645 g/mol.